The molecule has 19 heavy (non-hydrogen) atoms. The van der Waals surface area contributed by atoms with E-state index in [0.29, 0.717) is 5.92 Å². The average molecular weight is 259 g/mol. The van der Waals surface area contributed by atoms with Crippen molar-refractivity contribution in [2.24, 2.45) is 17.8 Å². The van der Waals surface area contributed by atoms with Crippen molar-refractivity contribution < 1.29 is 5.11 Å². The number of nitrogens with zero attached hydrogens (tertiary/aromatic N) is 1. The molecular formula is C17H25NO. The lowest BCUT2D eigenvalue weighted by molar-refractivity contribution is 0.0344. The zero-order chi connectivity index (χ0) is 13.2. The highest BCUT2D eigenvalue weighted by Crippen LogP contribution is 2.46. The van der Waals surface area contributed by atoms with Crippen LogP contribution in [0.15, 0.2) is 18.5 Å². The lowest BCUT2D eigenvalue weighted by Crippen LogP contribution is -2.30. The number of fused-ring (bicyclic) bond motifs is 1. The van der Waals surface area contributed by atoms with E-state index in [0.717, 1.165) is 17.4 Å². The Balaban J connectivity index is 1.71. The van der Waals surface area contributed by atoms with Gasteiger partial charge in [-0.25, -0.2) is 0 Å². The van der Waals surface area contributed by atoms with Gasteiger partial charge in [-0.1, -0.05) is 25.7 Å². The molecule has 4 unspecified atom stereocenters. The highest BCUT2D eigenvalue weighted by molar-refractivity contribution is 5.24. The molecule has 1 heterocycles. The fraction of sp³-hybridized carbons (Fsp3) is 0.706. The van der Waals surface area contributed by atoms with E-state index in [4.69, 9.17) is 0 Å². The monoisotopic (exact) mass is 259 g/mol. The summed E-state index contributed by atoms with van der Waals surface area (Å²) in [5.41, 5.74) is 2.22. The minimum Gasteiger partial charge on any atom is -0.388 e. The fourth-order valence-corrected chi connectivity index (χ4v) is 4.24. The first-order chi connectivity index (χ1) is 9.25. The molecule has 104 valence electrons. The molecule has 3 rings (SSSR count). The Bertz CT molecular complexity index is 431. The Kier molecular flexibility index (Phi) is 3.88. The Morgan fingerprint density at radius 1 is 1.16 bits per heavy atom. The van der Waals surface area contributed by atoms with Crippen LogP contribution in [0.5, 0.6) is 0 Å². The van der Waals surface area contributed by atoms with E-state index >= 15 is 0 Å². The summed E-state index contributed by atoms with van der Waals surface area (Å²) in [6, 6.07) is 2.00. The summed E-state index contributed by atoms with van der Waals surface area (Å²) in [6.45, 7) is 2.08. The average Bonchev–Trinajstić information content (AvgIpc) is 2.46. The molecule has 0 aliphatic heterocycles. The number of aliphatic hydroxyl groups is 1. The Morgan fingerprint density at radius 2 is 1.95 bits per heavy atom. The summed E-state index contributed by atoms with van der Waals surface area (Å²) >= 11 is 0. The number of aromatic nitrogens is 1. The first-order valence-corrected chi connectivity index (χ1v) is 7.84. The Labute approximate surface area is 116 Å². The molecule has 4 atom stereocenters. The summed E-state index contributed by atoms with van der Waals surface area (Å²) in [7, 11) is 0. The maximum absolute atomic E-state index is 10.7. The maximum Gasteiger partial charge on any atom is 0.0835 e. The van der Waals surface area contributed by atoms with Crippen LogP contribution in [0.25, 0.3) is 0 Å². The molecule has 1 N–H and O–H groups in total. The van der Waals surface area contributed by atoms with Gasteiger partial charge >= 0.3 is 0 Å². The Hall–Kier alpha value is -0.890. The lowest BCUT2D eigenvalue weighted by Gasteiger charge is -2.41. The number of rotatable bonds is 2. The first kappa shape index (κ1) is 13.1. The number of hydrogen-bond donors (Lipinski definition) is 1. The third-order valence-electron chi connectivity index (χ3n) is 5.42. The first-order valence-electron chi connectivity index (χ1n) is 7.84. The largest absolute Gasteiger partial charge is 0.388 e. The Morgan fingerprint density at radius 3 is 2.74 bits per heavy atom. The topological polar surface area (TPSA) is 33.1 Å². The smallest absolute Gasteiger partial charge is 0.0835 e. The van der Waals surface area contributed by atoms with Gasteiger partial charge < -0.3 is 5.11 Å². The molecule has 2 aliphatic carbocycles. The van der Waals surface area contributed by atoms with Crippen LogP contribution in [0.1, 0.15) is 62.2 Å². The second-order valence-corrected chi connectivity index (χ2v) is 6.55. The van der Waals surface area contributed by atoms with Gasteiger partial charge in [-0.3, -0.25) is 4.98 Å². The predicted molar refractivity (Wildman–Crippen MR) is 76.7 cm³/mol. The molecule has 0 spiro atoms. The van der Waals surface area contributed by atoms with Crippen molar-refractivity contribution in [1.82, 2.24) is 4.98 Å². The molecule has 2 aliphatic rings. The van der Waals surface area contributed by atoms with Crippen molar-refractivity contribution in [3.63, 3.8) is 0 Å². The van der Waals surface area contributed by atoms with E-state index in [9.17, 15) is 5.11 Å². The van der Waals surface area contributed by atoms with Crippen molar-refractivity contribution in [2.75, 3.05) is 0 Å². The van der Waals surface area contributed by atoms with Gasteiger partial charge in [-0.2, -0.15) is 0 Å². The molecule has 2 saturated carbocycles. The molecule has 2 nitrogen and oxygen atoms in total. The molecule has 1 aromatic heterocycles. The minimum absolute atomic E-state index is 0.309. The summed E-state index contributed by atoms with van der Waals surface area (Å²) in [4.78, 5) is 4.18. The summed E-state index contributed by atoms with van der Waals surface area (Å²) < 4.78 is 0. The van der Waals surface area contributed by atoms with E-state index in [-0.39, 0.29) is 6.10 Å². The van der Waals surface area contributed by atoms with Crippen molar-refractivity contribution in [2.45, 2.75) is 58.0 Å². The van der Waals surface area contributed by atoms with Gasteiger partial charge in [-0.05, 0) is 55.6 Å². The third kappa shape index (κ3) is 2.69. The lowest BCUT2D eigenvalue weighted by atomic mass is 9.66. The number of pyridine rings is 1. The molecule has 0 amide bonds. The highest BCUT2D eigenvalue weighted by atomic mass is 16.3. The standard InChI is InChI=1S/C17H25NO/c1-12-8-9-18-11-16(12)17(19)15-7-6-13-4-2-3-5-14(13)10-15/h8-9,11,13-15,17,19H,2-7,10H2,1H3. The van der Waals surface area contributed by atoms with Crippen LogP contribution < -0.4 is 0 Å². The van der Waals surface area contributed by atoms with E-state index in [1.54, 1.807) is 0 Å². The molecule has 0 radical (unpaired) electrons. The summed E-state index contributed by atoms with van der Waals surface area (Å²) in [5, 5.41) is 10.7. The molecule has 1 aromatic rings. The summed E-state index contributed by atoms with van der Waals surface area (Å²) in [6.07, 6.45) is 12.7. The van der Waals surface area contributed by atoms with Crippen LogP contribution in [0.2, 0.25) is 0 Å². The normalized spacial score (nSPS) is 32.6. The predicted octanol–water partition coefficient (Wildman–Crippen LogP) is 4.03. The van der Waals surface area contributed by atoms with Gasteiger partial charge in [0.2, 0.25) is 0 Å². The SMILES string of the molecule is Cc1ccncc1C(O)C1CCC2CCCCC2C1. The van der Waals surface area contributed by atoms with Crippen molar-refractivity contribution in [3.05, 3.63) is 29.6 Å². The van der Waals surface area contributed by atoms with Crippen LogP contribution in [0, 0.1) is 24.7 Å². The van der Waals surface area contributed by atoms with Gasteiger partial charge in [0.05, 0.1) is 6.10 Å². The van der Waals surface area contributed by atoms with Crippen LogP contribution in [-0.4, -0.2) is 10.1 Å². The number of hydrogen-bond acceptors (Lipinski definition) is 2. The van der Waals surface area contributed by atoms with Crippen molar-refractivity contribution in [1.29, 1.82) is 0 Å². The fourth-order valence-electron chi connectivity index (χ4n) is 4.24. The van der Waals surface area contributed by atoms with Crippen molar-refractivity contribution >= 4 is 0 Å². The molecule has 0 bridgehead atoms. The zero-order valence-electron chi connectivity index (χ0n) is 11.9. The van der Waals surface area contributed by atoms with Crippen LogP contribution >= 0.6 is 0 Å². The molecule has 0 saturated heterocycles. The van der Waals surface area contributed by atoms with Gasteiger partial charge in [0.15, 0.2) is 0 Å². The van der Waals surface area contributed by atoms with Crippen LogP contribution in [0.3, 0.4) is 0 Å². The van der Waals surface area contributed by atoms with E-state index in [1.807, 2.05) is 18.5 Å². The highest BCUT2D eigenvalue weighted by Gasteiger charge is 2.35. The van der Waals surface area contributed by atoms with Crippen molar-refractivity contribution in [3.8, 4) is 0 Å². The molecular weight excluding hydrogens is 234 g/mol. The molecule has 2 heteroatoms. The van der Waals surface area contributed by atoms with Crippen LogP contribution in [0.4, 0.5) is 0 Å². The second-order valence-electron chi connectivity index (χ2n) is 6.55. The van der Waals surface area contributed by atoms with E-state index < -0.39 is 0 Å². The minimum atomic E-state index is -0.309. The quantitative estimate of drug-likeness (QED) is 0.870. The van der Waals surface area contributed by atoms with E-state index in [2.05, 4.69) is 11.9 Å². The maximum atomic E-state index is 10.7. The van der Waals surface area contributed by atoms with Gasteiger partial charge in [-0.15, -0.1) is 0 Å². The number of aliphatic hydroxyl groups excluding tert-OH is 1. The molecule has 2 fully saturated rings. The second kappa shape index (κ2) is 5.62. The van der Waals surface area contributed by atoms with Crippen LogP contribution in [-0.2, 0) is 0 Å². The van der Waals surface area contributed by atoms with Gasteiger partial charge in [0.25, 0.3) is 0 Å². The van der Waals surface area contributed by atoms with Gasteiger partial charge in [0.1, 0.15) is 0 Å². The van der Waals surface area contributed by atoms with E-state index in [1.165, 1.54) is 50.5 Å². The molecule has 0 aromatic carbocycles. The zero-order valence-corrected chi connectivity index (χ0v) is 11.9. The van der Waals surface area contributed by atoms with Gasteiger partial charge in [0, 0.05) is 18.0 Å². The summed E-state index contributed by atoms with van der Waals surface area (Å²) in [5.74, 6) is 2.27. The number of aryl methyl sites for hydroxylation is 1. The third-order valence-corrected chi connectivity index (χ3v) is 5.42.